The lowest BCUT2D eigenvalue weighted by molar-refractivity contribution is 0.0549. The predicted octanol–water partition coefficient (Wildman–Crippen LogP) is -0.289. The molecule has 2 amide bonds. The van der Waals surface area contributed by atoms with E-state index in [1.165, 1.54) is 9.80 Å². The molecule has 1 fully saturated rings. The third-order valence-electron chi connectivity index (χ3n) is 2.46. The number of nitrogens with zero attached hydrogens (tertiary/aromatic N) is 2. The van der Waals surface area contributed by atoms with Crippen molar-refractivity contribution in [1.29, 1.82) is 0 Å². The van der Waals surface area contributed by atoms with Crippen LogP contribution in [0, 0.1) is 0 Å². The number of hydrogen-bond acceptors (Lipinski definition) is 3. The highest BCUT2D eigenvalue weighted by atomic mass is 16.4. The quantitative estimate of drug-likeness (QED) is 0.591. The molecule has 1 heterocycles. The van der Waals surface area contributed by atoms with Crippen molar-refractivity contribution in [1.82, 2.24) is 9.80 Å². The average Bonchev–Trinajstić information content (AvgIpc) is 2.17. The van der Waals surface area contributed by atoms with Crippen LogP contribution in [0.25, 0.3) is 0 Å². The number of rotatable bonds is 2. The molecule has 0 spiro atoms. The maximum absolute atomic E-state index is 10.8. The highest BCUT2D eigenvalue weighted by molar-refractivity contribution is 5.68. The molecule has 0 unspecified atom stereocenters. The first-order valence-electron chi connectivity index (χ1n) is 4.64. The molecule has 1 saturated heterocycles. The van der Waals surface area contributed by atoms with Gasteiger partial charge in [0.05, 0.1) is 6.04 Å². The Morgan fingerprint density at radius 1 is 1.20 bits per heavy atom. The summed E-state index contributed by atoms with van der Waals surface area (Å²) in [6, 6.07) is -0.447. The lowest BCUT2D eigenvalue weighted by Gasteiger charge is -2.38. The van der Waals surface area contributed by atoms with E-state index in [-0.39, 0.29) is 32.7 Å². The topological polar surface area (TPSA) is 101 Å². The van der Waals surface area contributed by atoms with Crippen molar-refractivity contribution >= 4 is 12.2 Å². The number of amides is 2. The molecule has 7 heteroatoms. The third-order valence-corrected chi connectivity index (χ3v) is 2.46. The summed E-state index contributed by atoms with van der Waals surface area (Å²) in [6.07, 6.45) is -1.86. The third kappa shape index (κ3) is 2.72. The lowest BCUT2D eigenvalue weighted by Crippen LogP contribution is -2.56. The van der Waals surface area contributed by atoms with Gasteiger partial charge in [-0.3, -0.25) is 0 Å². The summed E-state index contributed by atoms with van der Waals surface area (Å²) in [4.78, 5) is 23.8. The molecule has 0 aromatic carbocycles. The standard InChI is InChI=1S/C8H14N2O5/c11-4-1-6-5-9(7(12)13)2-3-10(6)8(14)15/h6,11H,1-5H2,(H,12,13)(H,14,15)/t6-/m0/s1. The lowest BCUT2D eigenvalue weighted by atomic mass is 10.1. The van der Waals surface area contributed by atoms with Gasteiger partial charge >= 0.3 is 12.2 Å². The van der Waals surface area contributed by atoms with Gasteiger partial charge in [0.1, 0.15) is 0 Å². The summed E-state index contributed by atoms with van der Waals surface area (Å²) >= 11 is 0. The van der Waals surface area contributed by atoms with Crippen LogP contribution in [-0.4, -0.2) is 69.6 Å². The van der Waals surface area contributed by atoms with E-state index in [9.17, 15) is 9.59 Å². The molecule has 1 rings (SSSR count). The minimum atomic E-state index is -1.07. The summed E-state index contributed by atoms with van der Waals surface area (Å²) in [5.41, 5.74) is 0. The largest absolute Gasteiger partial charge is 0.465 e. The molecular weight excluding hydrogens is 204 g/mol. The number of piperazine rings is 1. The highest BCUT2D eigenvalue weighted by Gasteiger charge is 2.31. The van der Waals surface area contributed by atoms with Crippen LogP contribution in [0.5, 0.6) is 0 Å². The number of carbonyl (C=O) groups is 2. The van der Waals surface area contributed by atoms with Crippen LogP contribution in [0.1, 0.15) is 6.42 Å². The van der Waals surface area contributed by atoms with E-state index in [4.69, 9.17) is 15.3 Å². The van der Waals surface area contributed by atoms with Crippen molar-refractivity contribution < 1.29 is 24.9 Å². The second kappa shape index (κ2) is 4.83. The molecule has 7 nitrogen and oxygen atoms in total. The first-order chi connectivity index (χ1) is 7.06. The van der Waals surface area contributed by atoms with Gasteiger partial charge in [-0.05, 0) is 6.42 Å². The van der Waals surface area contributed by atoms with E-state index < -0.39 is 18.2 Å². The second-order valence-corrected chi connectivity index (χ2v) is 3.37. The van der Waals surface area contributed by atoms with Crippen molar-refractivity contribution in [2.45, 2.75) is 12.5 Å². The Hall–Kier alpha value is -1.50. The molecule has 0 aromatic heterocycles. The van der Waals surface area contributed by atoms with Crippen molar-refractivity contribution in [3.8, 4) is 0 Å². The van der Waals surface area contributed by atoms with Crippen molar-refractivity contribution in [3.05, 3.63) is 0 Å². The summed E-state index contributed by atoms with van der Waals surface area (Å²) in [7, 11) is 0. The molecule has 0 radical (unpaired) electrons. The van der Waals surface area contributed by atoms with Gasteiger partial charge in [-0.25, -0.2) is 9.59 Å². The highest BCUT2D eigenvalue weighted by Crippen LogP contribution is 2.13. The van der Waals surface area contributed by atoms with Gasteiger partial charge in [0.25, 0.3) is 0 Å². The first-order valence-corrected chi connectivity index (χ1v) is 4.64. The first kappa shape index (κ1) is 11.6. The van der Waals surface area contributed by atoms with Gasteiger partial charge in [0, 0.05) is 26.2 Å². The fourth-order valence-electron chi connectivity index (χ4n) is 1.68. The average molecular weight is 218 g/mol. The minimum Gasteiger partial charge on any atom is -0.465 e. The maximum Gasteiger partial charge on any atom is 0.407 e. The monoisotopic (exact) mass is 218 g/mol. The van der Waals surface area contributed by atoms with E-state index in [0.717, 1.165) is 0 Å². The zero-order valence-corrected chi connectivity index (χ0v) is 8.17. The normalized spacial score (nSPS) is 21.5. The molecule has 3 N–H and O–H groups in total. The Kier molecular flexibility index (Phi) is 3.73. The molecule has 1 aliphatic heterocycles. The summed E-state index contributed by atoms with van der Waals surface area (Å²) in [5.74, 6) is 0. The number of aliphatic hydroxyl groups is 1. The summed E-state index contributed by atoms with van der Waals surface area (Å²) in [6.45, 7) is 0.319. The van der Waals surface area contributed by atoms with E-state index in [1.54, 1.807) is 0 Å². The molecule has 0 aliphatic carbocycles. The molecule has 0 aromatic rings. The Balaban J connectivity index is 2.64. The van der Waals surface area contributed by atoms with E-state index in [2.05, 4.69) is 0 Å². The summed E-state index contributed by atoms with van der Waals surface area (Å²) < 4.78 is 0. The van der Waals surface area contributed by atoms with Gasteiger partial charge in [-0.1, -0.05) is 0 Å². The smallest absolute Gasteiger partial charge is 0.407 e. The van der Waals surface area contributed by atoms with Crippen molar-refractivity contribution in [3.63, 3.8) is 0 Å². The van der Waals surface area contributed by atoms with Crippen LogP contribution >= 0.6 is 0 Å². The zero-order valence-electron chi connectivity index (χ0n) is 8.17. The molecule has 1 atom stereocenters. The van der Waals surface area contributed by atoms with Crippen LogP contribution in [0.15, 0.2) is 0 Å². The minimum absolute atomic E-state index is 0.127. The van der Waals surface area contributed by atoms with Crippen LogP contribution in [0.4, 0.5) is 9.59 Å². The van der Waals surface area contributed by atoms with Crippen molar-refractivity contribution in [2.24, 2.45) is 0 Å². The van der Waals surface area contributed by atoms with E-state index in [0.29, 0.717) is 0 Å². The fraction of sp³-hybridized carbons (Fsp3) is 0.750. The molecule has 15 heavy (non-hydrogen) atoms. The van der Waals surface area contributed by atoms with Crippen LogP contribution in [0.3, 0.4) is 0 Å². The fourth-order valence-corrected chi connectivity index (χ4v) is 1.68. The molecule has 0 saturated carbocycles. The Labute approximate surface area is 86.5 Å². The van der Waals surface area contributed by atoms with Gasteiger partial charge in [-0.15, -0.1) is 0 Å². The van der Waals surface area contributed by atoms with Gasteiger partial charge in [0.2, 0.25) is 0 Å². The zero-order chi connectivity index (χ0) is 11.4. The maximum atomic E-state index is 10.8. The van der Waals surface area contributed by atoms with E-state index >= 15 is 0 Å². The van der Waals surface area contributed by atoms with Gasteiger partial charge < -0.3 is 25.1 Å². The number of aliphatic hydroxyl groups excluding tert-OH is 1. The van der Waals surface area contributed by atoms with Gasteiger partial charge in [-0.2, -0.15) is 0 Å². The second-order valence-electron chi connectivity index (χ2n) is 3.37. The van der Waals surface area contributed by atoms with Crippen LogP contribution in [-0.2, 0) is 0 Å². The SMILES string of the molecule is O=C(O)N1CCN(C(=O)O)[C@@H](CCO)C1. The predicted molar refractivity (Wildman–Crippen MR) is 49.8 cm³/mol. The Morgan fingerprint density at radius 3 is 2.33 bits per heavy atom. The Morgan fingerprint density at radius 2 is 1.87 bits per heavy atom. The van der Waals surface area contributed by atoms with Crippen LogP contribution < -0.4 is 0 Å². The molecule has 0 bridgehead atoms. The van der Waals surface area contributed by atoms with Crippen LogP contribution in [0.2, 0.25) is 0 Å². The summed E-state index contributed by atoms with van der Waals surface area (Å²) in [5, 5.41) is 26.3. The molecular formula is C8H14N2O5. The number of carboxylic acid groups (broad SMARTS) is 2. The molecule has 86 valence electrons. The van der Waals surface area contributed by atoms with Crippen molar-refractivity contribution in [2.75, 3.05) is 26.2 Å². The van der Waals surface area contributed by atoms with Gasteiger partial charge in [0.15, 0.2) is 0 Å². The van der Waals surface area contributed by atoms with E-state index in [1.807, 2.05) is 0 Å². The molecule has 1 aliphatic rings. The Bertz CT molecular complexity index is 257. The number of hydrogen-bond donors (Lipinski definition) is 3.